The molecule has 3 nitrogen and oxygen atoms in total. The summed E-state index contributed by atoms with van der Waals surface area (Å²) in [6.07, 6.45) is -1.20. The Morgan fingerprint density at radius 2 is 1.83 bits per heavy atom. The SMILES string of the molecule is Cc1ccc(N(C)C(=O)[O-])cc1. The van der Waals surface area contributed by atoms with E-state index in [1.165, 1.54) is 7.05 Å². The molecule has 3 heteroatoms. The summed E-state index contributed by atoms with van der Waals surface area (Å²) < 4.78 is 0. The maximum Gasteiger partial charge on any atom is 0.141 e. The van der Waals surface area contributed by atoms with Crippen LogP contribution in [0, 0.1) is 6.92 Å². The summed E-state index contributed by atoms with van der Waals surface area (Å²) in [7, 11) is 1.46. The zero-order valence-corrected chi connectivity index (χ0v) is 7.07. The van der Waals surface area contributed by atoms with Crippen LogP contribution in [-0.2, 0) is 0 Å². The molecule has 0 fully saturated rings. The van der Waals surface area contributed by atoms with Gasteiger partial charge in [0.25, 0.3) is 0 Å². The van der Waals surface area contributed by atoms with Crippen molar-refractivity contribution in [3.8, 4) is 0 Å². The number of benzene rings is 1. The van der Waals surface area contributed by atoms with Crippen molar-refractivity contribution in [2.75, 3.05) is 11.9 Å². The summed E-state index contributed by atoms with van der Waals surface area (Å²) in [5, 5.41) is 10.4. The van der Waals surface area contributed by atoms with Gasteiger partial charge in [-0.05, 0) is 19.1 Å². The average Bonchev–Trinajstić information content (AvgIpc) is 2.04. The van der Waals surface area contributed by atoms with Crippen LogP contribution in [0.4, 0.5) is 10.5 Å². The lowest BCUT2D eigenvalue weighted by Gasteiger charge is -2.19. The zero-order valence-electron chi connectivity index (χ0n) is 7.07. The summed E-state index contributed by atoms with van der Waals surface area (Å²) in [6, 6.07) is 7.19. The van der Waals surface area contributed by atoms with Crippen LogP contribution < -0.4 is 10.0 Å². The van der Waals surface area contributed by atoms with E-state index in [9.17, 15) is 9.90 Å². The van der Waals surface area contributed by atoms with Crippen LogP contribution >= 0.6 is 0 Å². The van der Waals surface area contributed by atoms with Crippen LogP contribution in [0.3, 0.4) is 0 Å². The molecule has 0 unspecified atom stereocenters. The standard InChI is InChI=1S/C9H11NO2/c1-7-3-5-8(6-4-7)10(2)9(11)12/h3-6H,1-2H3,(H,11,12)/p-1. The second-order valence-electron chi connectivity index (χ2n) is 2.66. The van der Waals surface area contributed by atoms with Crippen LogP contribution in [0.15, 0.2) is 24.3 Å². The number of amides is 1. The minimum atomic E-state index is -1.20. The molecule has 0 aliphatic rings. The molecule has 0 bridgehead atoms. The molecule has 1 amide bonds. The van der Waals surface area contributed by atoms with Crippen molar-refractivity contribution < 1.29 is 9.90 Å². The Kier molecular flexibility index (Phi) is 2.33. The molecular weight excluding hydrogens is 154 g/mol. The number of nitrogens with zero attached hydrogens (tertiary/aromatic N) is 1. The molecule has 0 heterocycles. The number of carboxylic acid groups (broad SMARTS) is 1. The molecule has 0 aliphatic carbocycles. The van der Waals surface area contributed by atoms with Crippen molar-refractivity contribution in [1.29, 1.82) is 0 Å². The minimum absolute atomic E-state index is 0.626. The highest BCUT2D eigenvalue weighted by molar-refractivity contribution is 5.83. The van der Waals surface area contributed by atoms with Gasteiger partial charge in [0.1, 0.15) is 6.09 Å². The third-order valence-electron chi connectivity index (χ3n) is 1.70. The average molecular weight is 164 g/mol. The molecule has 0 aromatic heterocycles. The van der Waals surface area contributed by atoms with E-state index in [4.69, 9.17) is 0 Å². The van der Waals surface area contributed by atoms with Gasteiger partial charge in [-0.1, -0.05) is 17.7 Å². The van der Waals surface area contributed by atoms with E-state index in [0.29, 0.717) is 5.69 Å². The molecular formula is C9H10NO2-. The Balaban J connectivity index is 2.89. The normalized spacial score (nSPS) is 9.50. The van der Waals surface area contributed by atoms with Crippen molar-refractivity contribution in [3.63, 3.8) is 0 Å². The highest BCUT2D eigenvalue weighted by Crippen LogP contribution is 2.12. The van der Waals surface area contributed by atoms with Crippen LogP contribution in [0.2, 0.25) is 0 Å². The predicted molar refractivity (Wildman–Crippen MR) is 45.0 cm³/mol. The largest absolute Gasteiger partial charge is 0.530 e. The molecule has 0 aliphatic heterocycles. The molecule has 64 valence electrons. The smallest absolute Gasteiger partial charge is 0.141 e. The van der Waals surface area contributed by atoms with Crippen LogP contribution in [0.25, 0.3) is 0 Å². The molecule has 1 rings (SSSR count). The summed E-state index contributed by atoms with van der Waals surface area (Å²) in [4.78, 5) is 11.5. The first-order valence-electron chi connectivity index (χ1n) is 3.62. The lowest BCUT2D eigenvalue weighted by atomic mass is 10.2. The van der Waals surface area contributed by atoms with Gasteiger partial charge in [-0.15, -0.1) is 0 Å². The molecule has 1 aromatic rings. The lowest BCUT2D eigenvalue weighted by molar-refractivity contribution is -0.246. The molecule has 0 atom stereocenters. The Labute approximate surface area is 71.2 Å². The number of carbonyl (C=O) groups excluding carboxylic acids is 1. The van der Waals surface area contributed by atoms with Gasteiger partial charge in [0.2, 0.25) is 0 Å². The van der Waals surface area contributed by atoms with Gasteiger partial charge in [-0.3, -0.25) is 0 Å². The third kappa shape index (κ3) is 1.75. The number of carbonyl (C=O) groups is 1. The first-order chi connectivity index (χ1) is 5.61. The van der Waals surface area contributed by atoms with E-state index in [2.05, 4.69) is 0 Å². The van der Waals surface area contributed by atoms with Gasteiger partial charge < -0.3 is 14.8 Å². The van der Waals surface area contributed by atoms with E-state index >= 15 is 0 Å². The second-order valence-corrected chi connectivity index (χ2v) is 2.66. The Morgan fingerprint density at radius 3 is 2.25 bits per heavy atom. The molecule has 12 heavy (non-hydrogen) atoms. The summed E-state index contributed by atoms with van der Waals surface area (Å²) in [5.41, 5.74) is 1.73. The molecule has 1 aromatic carbocycles. The molecule has 0 spiro atoms. The topological polar surface area (TPSA) is 43.4 Å². The Bertz CT molecular complexity index is 279. The maximum absolute atomic E-state index is 10.4. The second kappa shape index (κ2) is 3.26. The molecule has 0 N–H and O–H groups in total. The Hall–Kier alpha value is -1.51. The Morgan fingerprint density at radius 1 is 1.33 bits per heavy atom. The zero-order chi connectivity index (χ0) is 9.14. The van der Waals surface area contributed by atoms with Gasteiger partial charge in [0.05, 0.1) is 0 Å². The number of aryl methyl sites for hydroxylation is 1. The van der Waals surface area contributed by atoms with E-state index in [1.54, 1.807) is 12.1 Å². The van der Waals surface area contributed by atoms with Gasteiger partial charge in [0, 0.05) is 12.7 Å². The fourth-order valence-corrected chi connectivity index (χ4v) is 0.874. The fourth-order valence-electron chi connectivity index (χ4n) is 0.874. The summed E-state index contributed by atoms with van der Waals surface area (Å²) in [6.45, 7) is 1.95. The van der Waals surface area contributed by atoms with Crippen molar-refractivity contribution in [1.82, 2.24) is 0 Å². The van der Waals surface area contributed by atoms with E-state index in [1.807, 2.05) is 19.1 Å². The van der Waals surface area contributed by atoms with E-state index in [0.717, 1.165) is 10.5 Å². The van der Waals surface area contributed by atoms with Crippen LogP contribution in [-0.4, -0.2) is 13.1 Å². The van der Waals surface area contributed by atoms with Gasteiger partial charge >= 0.3 is 0 Å². The molecule has 0 saturated heterocycles. The highest BCUT2D eigenvalue weighted by atomic mass is 16.4. The predicted octanol–water partition coefficient (Wildman–Crippen LogP) is 0.775. The minimum Gasteiger partial charge on any atom is -0.530 e. The quantitative estimate of drug-likeness (QED) is 0.615. The maximum atomic E-state index is 10.4. The van der Waals surface area contributed by atoms with Gasteiger partial charge in [-0.2, -0.15) is 0 Å². The number of hydrogen-bond donors (Lipinski definition) is 0. The highest BCUT2D eigenvalue weighted by Gasteiger charge is 1.98. The van der Waals surface area contributed by atoms with Crippen LogP contribution in [0.5, 0.6) is 0 Å². The first kappa shape index (κ1) is 8.59. The number of anilines is 1. The van der Waals surface area contributed by atoms with Gasteiger partial charge in [0.15, 0.2) is 0 Å². The fraction of sp³-hybridized carbons (Fsp3) is 0.222. The van der Waals surface area contributed by atoms with Crippen molar-refractivity contribution in [3.05, 3.63) is 29.8 Å². The summed E-state index contributed by atoms with van der Waals surface area (Å²) in [5.74, 6) is 0. The van der Waals surface area contributed by atoms with Crippen LogP contribution in [0.1, 0.15) is 5.56 Å². The third-order valence-corrected chi connectivity index (χ3v) is 1.70. The number of hydrogen-bond acceptors (Lipinski definition) is 2. The molecule has 0 saturated carbocycles. The molecule has 0 radical (unpaired) electrons. The first-order valence-corrected chi connectivity index (χ1v) is 3.62. The monoisotopic (exact) mass is 164 g/mol. The van der Waals surface area contributed by atoms with Crippen molar-refractivity contribution in [2.45, 2.75) is 6.92 Å². The van der Waals surface area contributed by atoms with Crippen molar-refractivity contribution >= 4 is 11.8 Å². The van der Waals surface area contributed by atoms with Crippen molar-refractivity contribution in [2.24, 2.45) is 0 Å². The van der Waals surface area contributed by atoms with Gasteiger partial charge in [-0.25, -0.2) is 0 Å². The van der Waals surface area contributed by atoms with E-state index in [-0.39, 0.29) is 0 Å². The number of rotatable bonds is 1. The summed E-state index contributed by atoms with van der Waals surface area (Å²) >= 11 is 0. The van der Waals surface area contributed by atoms with E-state index < -0.39 is 6.09 Å². The lowest BCUT2D eigenvalue weighted by Crippen LogP contribution is -2.38.